The van der Waals surface area contributed by atoms with Crippen molar-refractivity contribution in [2.24, 2.45) is 0 Å². The summed E-state index contributed by atoms with van der Waals surface area (Å²) in [4.78, 5) is 6.68. The lowest BCUT2D eigenvalue weighted by Crippen LogP contribution is -2.43. The average Bonchev–Trinajstić information content (AvgIpc) is 2.89. The maximum absolute atomic E-state index is 6.13. The number of aromatic nitrogens is 2. The summed E-state index contributed by atoms with van der Waals surface area (Å²) in [5.41, 5.74) is 0.795. The standard InChI is InChI=1S/C13H15ClN4O/c1-18-7-6-15-11(8-18)13-16-12(17-19-13)9-4-2-3-5-10(9)14/h2-5,11,15H,6-8H2,1H3. The summed E-state index contributed by atoms with van der Waals surface area (Å²) in [5, 5.41) is 8.02. The Morgan fingerprint density at radius 3 is 3.05 bits per heavy atom. The fourth-order valence-corrected chi connectivity index (χ4v) is 2.41. The molecule has 3 rings (SSSR count). The number of benzene rings is 1. The monoisotopic (exact) mass is 278 g/mol. The van der Waals surface area contributed by atoms with Gasteiger partial charge in [-0.05, 0) is 19.2 Å². The predicted octanol–water partition coefficient (Wildman–Crippen LogP) is 1.97. The third-order valence-corrected chi connectivity index (χ3v) is 3.56. The molecule has 100 valence electrons. The molecule has 0 radical (unpaired) electrons. The summed E-state index contributed by atoms with van der Waals surface area (Å²) in [6.45, 7) is 2.82. The number of hydrogen-bond donors (Lipinski definition) is 1. The lowest BCUT2D eigenvalue weighted by molar-refractivity contribution is 0.208. The summed E-state index contributed by atoms with van der Waals surface area (Å²) >= 11 is 6.13. The molecule has 2 aromatic rings. The maximum Gasteiger partial charge on any atom is 0.245 e. The minimum Gasteiger partial charge on any atom is -0.337 e. The SMILES string of the molecule is CN1CCNC(c2nc(-c3ccccc3Cl)no2)C1. The van der Waals surface area contributed by atoms with Crippen molar-refractivity contribution < 1.29 is 4.52 Å². The molecule has 1 aromatic heterocycles. The first-order chi connectivity index (χ1) is 9.24. The quantitative estimate of drug-likeness (QED) is 0.910. The zero-order valence-electron chi connectivity index (χ0n) is 10.6. The number of nitrogens with one attached hydrogen (secondary N) is 1. The lowest BCUT2D eigenvalue weighted by atomic mass is 10.2. The molecule has 5 nitrogen and oxygen atoms in total. The summed E-state index contributed by atoms with van der Waals surface area (Å²) in [6.07, 6.45) is 0. The van der Waals surface area contributed by atoms with E-state index in [1.807, 2.05) is 24.3 Å². The van der Waals surface area contributed by atoms with Crippen LogP contribution in [0.3, 0.4) is 0 Å². The number of piperazine rings is 1. The van der Waals surface area contributed by atoms with Crippen molar-refractivity contribution in [3.05, 3.63) is 35.2 Å². The van der Waals surface area contributed by atoms with Crippen molar-refractivity contribution in [3.63, 3.8) is 0 Å². The Morgan fingerprint density at radius 1 is 1.42 bits per heavy atom. The Labute approximate surface area is 116 Å². The van der Waals surface area contributed by atoms with E-state index < -0.39 is 0 Å². The van der Waals surface area contributed by atoms with E-state index in [4.69, 9.17) is 16.1 Å². The molecule has 1 N–H and O–H groups in total. The van der Waals surface area contributed by atoms with Gasteiger partial charge in [-0.2, -0.15) is 4.98 Å². The smallest absolute Gasteiger partial charge is 0.245 e. The molecular weight excluding hydrogens is 264 g/mol. The highest BCUT2D eigenvalue weighted by atomic mass is 35.5. The van der Waals surface area contributed by atoms with E-state index in [0.717, 1.165) is 25.2 Å². The van der Waals surface area contributed by atoms with Gasteiger partial charge >= 0.3 is 0 Å². The van der Waals surface area contributed by atoms with Gasteiger partial charge in [-0.3, -0.25) is 0 Å². The summed E-state index contributed by atoms with van der Waals surface area (Å²) in [7, 11) is 2.08. The van der Waals surface area contributed by atoms with Crippen molar-refractivity contribution in [1.82, 2.24) is 20.4 Å². The van der Waals surface area contributed by atoms with E-state index >= 15 is 0 Å². The fraction of sp³-hybridized carbons (Fsp3) is 0.385. The van der Waals surface area contributed by atoms with Gasteiger partial charge < -0.3 is 14.7 Å². The number of hydrogen-bond acceptors (Lipinski definition) is 5. The van der Waals surface area contributed by atoms with Crippen LogP contribution < -0.4 is 5.32 Å². The van der Waals surface area contributed by atoms with Gasteiger partial charge in [0.25, 0.3) is 0 Å². The second-order valence-corrected chi connectivity index (χ2v) is 5.11. The molecule has 0 bridgehead atoms. The maximum atomic E-state index is 6.13. The van der Waals surface area contributed by atoms with Crippen LogP contribution in [0.4, 0.5) is 0 Å². The molecular formula is C13H15ClN4O. The third-order valence-electron chi connectivity index (χ3n) is 3.23. The van der Waals surface area contributed by atoms with Crippen LogP contribution in [0.2, 0.25) is 5.02 Å². The zero-order chi connectivity index (χ0) is 13.2. The minimum absolute atomic E-state index is 0.0856. The Morgan fingerprint density at radius 2 is 2.26 bits per heavy atom. The normalized spacial score (nSPS) is 20.6. The molecule has 1 aliphatic rings. The van der Waals surface area contributed by atoms with Crippen molar-refractivity contribution in [2.45, 2.75) is 6.04 Å². The van der Waals surface area contributed by atoms with Crippen molar-refractivity contribution in [3.8, 4) is 11.4 Å². The van der Waals surface area contributed by atoms with Crippen LogP contribution >= 0.6 is 11.6 Å². The van der Waals surface area contributed by atoms with E-state index in [-0.39, 0.29) is 6.04 Å². The van der Waals surface area contributed by atoms with E-state index in [2.05, 4.69) is 27.4 Å². The lowest BCUT2D eigenvalue weighted by Gasteiger charge is -2.28. The Kier molecular flexibility index (Phi) is 3.50. The van der Waals surface area contributed by atoms with Gasteiger partial charge in [0.15, 0.2) is 0 Å². The van der Waals surface area contributed by atoms with E-state index in [1.54, 1.807) is 0 Å². The molecule has 1 aromatic carbocycles. The molecule has 0 spiro atoms. The molecule has 0 saturated carbocycles. The fourth-order valence-electron chi connectivity index (χ4n) is 2.19. The largest absolute Gasteiger partial charge is 0.337 e. The highest BCUT2D eigenvalue weighted by Gasteiger charge is 2.24. The third kappa shape index (κ3) is 2.63. The highest BCUT2D eigenvalue weighted by Crippen LogP contribution is 2.26. The average molecular weight is 279 g/mol. The topological polar surface area (TPSA) is 54.2 Å². The predicted molar refractivity (Wildman–Crippen MR) is 73.0 cm³/mol. The molecule has 1 atom stereocenters. The highest BCUT2D eigenvalue weighted by molar-refractivity contribution is 6.33. The molecule has 19 heavy (non-hydrogen) atoms. The van der Waals surface area contributed by atoms with Crippen LogP contribution in [-0.2, 0) is 0 Å². The Balaban J connectivity index is 1.85. The number of nitrogens with zero attached hydrogens (tertiary/aromatic N) is 3. The first kappa shape index (κ1) is 12.6. The van der Waals surface area contributed by atoms with Gasteiger partial charge in [-0.25, -0.2) is 0 Å². The van der Waals surface area contributed by atoms with Gasteiger partial charge in [-0.1, -0.05) is 28.9 Å². The van der Waals surface area contributed by atoms with Crippen LogP contribution in [0.1, 0.15) is 11.9 Å². The summed E-state index contributed by atoms with van der Waals surface area (Å²) in [6, 6.07) is 7.58. The molecule has 1 aliphatic heterocycles. The number of halogens is 1. The number of likely N-dealkylation sites (N-methyl/N-ethyl adjacent to an activating group) is 1. The van der Waals surface area contributed by atoms with Crippen LogP contribution in [0.5, 0.6) is 0 Å². The molecule has 2 heterocycles. The summed E-state index contributed by atoms with van der Waals surface area (Å²) in [5.74, 6) is 1.15. The molecule has 6 heteroatoms. The first-order valence-electron chi connectivity index (χ1n) is 6.24. The van der Waals surface area contributed by atoms with Gasteiger partial charge in [0.2, 0.25) is 11.7 Å². The van der Waals surface area contributed by atoms with Gasteiger partial charge in [0, 0.05) is 25.2 Å². The van der Waals surface area contributed by atoms with E-state index in [1.165, 1.54) is 0 Å². The van der Waals surface area contributed by atoms with Crippen LogP contribution in [0.25, 0.3) is 11.4 Å². The second-order valence-electron chi connectivity index (χ2n) is 4.71. The Bertz CT molecular complexity index is 571. The molecule has 0 amide bonds. The first-order valence-corrected chi connectivity index (χ1v) is 6.62. The Hall–Kier alpha value is -1.43. The molecule has 1 fully saturated rings. The van der Waals surface area contributed by atoms with E-state index in [0.29, 0.717) is 16.7 Å². The van der Waals surface area contributed by atoms with Gasteiger partial charge in [-0.15, -0.1) is 0 Å². The molecule has 1 saturated heterocycles. The van der Waals surface area contributed by atoms with Gasteiger partial charge in [0.05, 0.1) is 5.02 Å². The molecule has 1 unspecified atom stereocenters. The van der Waals surface area contributed by atoms with Crippen molar-refractivity contribution in [1.29, 1.82) is 0 Å². The van der Waals surface area contributed by atoms with Crippen LogP contribution in [0, 0.1) is 0 Å². The van der Waals surface area contributed by atoms with Crippen molar-refractivity contribution >= 4 is 11.6 Å². The minimum atomic E-state index is 0.0856. The van der Waals surface area contributed by atoms with E-state index in [9.17, 15) is 0 Å². The van der Waals surface area contributed by atoms with Crippen LogP contribution in [0.15, 0.2) is 28.8 Å². The molecule has 0 aliphatic carbocycles. The zero-order valence-corrected chi connectivity index (χ0v) is 11.4. The summed E-state index contributed by atoms with van der Waals surface area (Å²) < 4.78 is 5.35. The number of rotatable bonds is 2. The van der Waals surface area contributed by atoms with Crippen molar-refractivity contribution in [2.75, 3.05) is 26.7 Å². The van der Waals surface area contributed by atoms with Gasteiger partial charge in [0.1, 0.15) is 6.04 Å². The second kappa shape index (κ2) is 5.28. The van der Waals surface area contributed by atoms with Crippen LogP contribution in [-0.4, -0.2) is 41.7 Å².